The van der Waals surface area contributed by atoms with Crippen molar-refractivity contribution in [2.24, 2.45) is 0 Å². The number of benzene rings is 1. The first-order valence-electron chi connectivity index (χ1n) is 8.28. The molecule has 0 spiro atoms. The van der Waals surface area contributed by atoms with Gasteiger partial charge < -0.3 is 0 Å². The van der Waals surface area contributed by atoms with Crippen molar-refractivity contribution in [1.29, 1.82) is 0 Å². The Morgan fingerprint density at radius 2 is 2.04 bits per heavy atom. The number of rotatable bonds is 6. The second kappa shape index (κ2) is 8.69. The molecule has 0 aliphatic carbocycles. The van der Waals surface area contributed by atoms with Gasteiger partial charge in [0.2, 0.25) is 0 Å². The van der Waals surface area contributed by atoms with E-state index >= 15 is 0 Å². The number of nitrogens with zero attached hydrogens (tertiary/aromatic N) is 2. The molecule has 1 atom stereocenters. The quantitative estimate of drug-likeness (QED) is 0.720. The smallest absolute Gasteiger partial charge is 0.297 e. The van der Waals surface area contributed by atoms with Crippen molar-refractivity contribution >= 4 is 38.7 Å². The lowest BCUT2D eigenvalue weighted by molar-refractivity contribution is 0.468. The Kier molecular flexibility index (Phi) is 6.55. The van der Waals surface area contributed by atoms with Gasteiger partial charge in [0.15, 0.2) is 0 Å². The third kappa shape index (κ3) is 4.39. The summed E-state index contributed by atoms with van der Waals surface area (Å²) < 4.78 is 16.9. The van der Waals surface area contributed by atoms with E-state index in [2.05, 4.69) is 20.9 Å². The summed E-state index contributed by atoms with van der Waals surface area (Å²) in [5, 5.41) is 0. The van der Waals surface area contributed by atoms with Crippen LogP contribution in [0.3, 0.4) is 0 Å². The fourth-order valence-corrected chi connectivity index (χ4v) is 5.21. The van der Waals surface area contributed by atoms with Gasteiger partial charge in [-0.1, -0.05) is 15.9 Å². The van der Waals surface area contributed by atoms with Gasteiger partial charge in [0, 0.05) is 41.6 Å². The Labute approximate surface area is 166 Å². The van der Waals surface area contributed by atoms with Gasteiger partial charge in [-0.2, -0.15) is 11.8 Å². The minimum atomic E-state index is -1.24. The van der Waals surface area contributed by atoms with Gasteiger partial charge >= 0.3 is 5.69 Å². The molecule has 2 aromatic rings. The first-order valence-corrected chi connectivity index (χ1v) is 11.3. The van der Waals surface area contributed by atoms with Gasteiger partial charge in [0.05, 0.1) is 4.90 Å². The molecule has 1 unspecified atom stereocenters. The van der Waals surface area contributed by atoms with E-state index in [4.69, 9.17) is 0 Å². The summed E-state index contributed by atoms with van der Waals surface area (Å²) in [4.78, 5) is 27.3. The molecule has 1 aromatic carbocycles. The average molecular weight is 458 g/mol. The van der Waals surface area contributed by atoms with E-state index in [0.717, 1.165) is 27.2 Å². The summed E-state index contributed by atoms with van der Waals surface area (Å²) in [6.07, 6.45) is 1.41. The SMILES string of the molecule is CN(CCCn1c2c(c(=O)[nH]c1=O)CSCC2)S(=O)c1ccc(Br)cc1. The molecular weight excluding hydrogens is 438 g/mol. The minimum Gasteiger partial charge on any atom is -0.297 e. The monoisotopic (exact) mass is 457 g/mol. The molecule has 6 nitrogen and oxygen atoms in total. The van der Waals surface area contributed by atoms with Gasteiger partial charge in [-0.15, -0.1) is 0 Å². The fourth-order valence-electron chi connectivity index (χ4n) is 2.94. The predicted molar refractivity (Wildman–Crippen MR) is 109 cm³/mol. The number of thioether (sulfide) groups is 1. The molecule has 1 aromatic heterocycles. The predicted octanol–water partition coefficient (Wildman–Crippen LogP) is 2.13. The second-order valence-corrected chi connectivity index (χ2v) is 9.66. The molecule has 1 N–H and O–H groups in total. The van der Waals surface area contributed by atoms with Gasteiger partial charge in [-0.25, -0.2) is 13.3 Å². The minimum absolute atomic E-state index is 0.262. The Morgan fingerprint density at radius 1 is 1.31 bits per heavy atom. The lowest BCUT2D eigenvalue weighted by atomic mass is 10.2. The van der Waals surface area contributed by atoms with Crippen LogP contribution >= 0.6 is 27.7 Å². The van der Waals surface area contributed by atoms with Crippen LogP contribution in [-0.2, 0) is 29.7 Å². The van der Waals surface area contributed by atoms with Crippen molar-refractivity contribution in [3.63, 3.8) is 0 Å². The highest BCUT2D eigenvalue weighted by atomic mass is 79.9. The topological polar surface area (TPSA) is 75.2 Å². The van der Waals surface area contributed by atoms with E-state index in [1.807, 2.05) is 24.3 Å². The van der Waals surface area contributed by atoms with Crippen molar-refractivity contribution in [2.75, 3.05) is 19.3 Å². The highest BCUT2D eigenvalue weighted by Crippen LogP contribution is 2.21. The lowest BCUT2D eigenvalue weighted by Gasteiger charge is -2.20. The maximum absolute atomic E-state index is 12.5. The largest absolute Gasteiger partial charge is 0.328 e. The van der Waals surface area contributed by atoms with Gasteiger partial charge in [0.25, 0.3) is 5.56 Å². The van der Waals surface area contributed by atoms with Crippen LogP contribution in [0.1, 0.15) is 17.7 Å². The van der Waals surface area contributed by atoms with E-state index in [1.54, 1.807) is 27.7 Å². The molecule has 2 heterocycles. The average Bonchev–Trinajstić information content (AvgIpc) is 2.64. The molecular formula is C17H20BrN3O3S2. The third-order valence-electron chi connectivity index (χ3n) is 4.30. The second-order valence-electron chi connectivity index (χ2n) is 6.05. The van der Waals surface area contributed by atoms with Crippen LogP contribution in [0.5, 0.6) is 0 Å². The first-order chi connectivity index (χ1) is 12.5. The number of hydrogen-bond donors (Lipinski definition) is 1. The Balaban J connectivity index is 1.66. The standard InChI is InChI=1S/C17H20BrN3O3S2/c1-20(26(24)13-5-3-12(18)4-6-13)8-2-9-21-15-7-10-25-11-14(15)16(22)19-17(21)23/h3-6H,2,7-11H2,1H3,(H,19,22,23). The maximum Gasteiger partial charge on any atom is 0.328 e. The van der Waals surface area contributed by atoms with E-state index < -0.39 is 11.0 Å². The van der Waals surface area contributed by atoms with Crippen LogP contribution in [-0.4, -0.2) is 37.4 Å². The molecule has 26 heavy (non-hydrogen) atoms. The highest BCUT2D eigenvalue weighted by molar-refractivity contribution is 9.10. The van der Waals surface area contributed by atoms with Crippen molar-refractivity contribution in [3.8, 4) is 0 Å². The van der Waals surface area contributed by atoms with Crippen molar-refractivity contribution < 1.29 is 4.21 Å². The van der Waals surface area contributed by atoms with Crippen LogP contribution in [0.2, 0.25) is 0 Å². The lowest BCUT2D eigenvalue weighted by Crippen LogP contribution is -2.37. The zero-order valence-corrected chi connectivity index (χ0v) is 17.6. The number of nitrogens with one attached hydrogen (secondary N) is 1. The van der Waals surface area contributed by atoms with Crippen LogP contribution < -0.4 is 11.2 Å². The normalized spacial score (nSPS) is 15.0. The molecule has 0 fully saturated rings. The molecule has 0 saturated carbocycles. The number of fused-ring (bicyclic) bond motifs is 1. The summed E-state index contributed by atoms with van der Waals surface area (Å²) in [6, 6.07) is 7.39. The fraction of sp³-hybridized carbons (Fsp3) is 0.412. The molecule has 0 amide bonds. The highest BCUT2D eigenvalue weighted by Gasteiger charge is 2.18. The van der Waals surface area contributed by atoms with E-state index in [9.17, 15) is 13.8 Å². The van der Waals surface area contributed by atoms with Crippen molar-refractivity contribution in [1.82, 2.24) is 13.9 Å². The van der Waals surface area contributed by atoms with E-state index in [-0.39, 0.29) is 11.2 Å². The number of aromatic nitrogens is 2. The van der Waals surface area contributed by atoms with Crippen molar-refractivity contribution in [3.05, 3.63) is 60.8 Å². The molecule has 1 aliphatic heterocycles. The third-order valence-corrected chi connectivity index (χ3v) is 7.23. The van der Waals surface area contributed by atoms with Gasteiger partial charge in [-0.3, -0.25) is 14.3 Å². The summed E-state index contributed by atoms with van der Waals surface area (Å²) >= 11 is 5.08. The van der Waals surface area contributed by atoms with Crippen LogP contribution in [0.15, 0.2) is 43.2 Å². The van der Waals surface area contributed by atoms with Crippen LogP contribution in [0.25, 0.3) is 0 Å². The zero-order chi connectivity index (χ0) is 18.7. The summed E-state index contributed by atoms with van der Waals surface area (Å²) in [5.41, 5.74) is 0.959. The summed E-state index contributed by atoms with van der Waals surface area (Å²) in [6.45, 7) is 1.09. The molecule has 9 heteroatoms. The molecule has 3 rings (SSSR count). The number of hydrogen-bond acceptors (Lipinski definition) is 4. The summed E-state index contributed by atoms with van der Waals surface area (Å²) in [7, 11) is 0.564. The molecule has 0 radical (unpaired) electrons. The molecule has 1 aliphatic rings. The number of halogens is 1. The van der Waals surface area contributed by atoms with Crippen LogP contribution in [0, 0.1) is 0 Å². The van der Waals surface area contributed by atoms with Gasteiger partial charge in [0.1, 0.15) is 11.0 Å². The van der Waals surface area contributed by atoms with E-state index in [0.29, 0.717) is 30.8 Å². The maximum atomic E-state index is 12.5. The Hall–Kier alpha value is -1.16. The number of H-pyrrole nitrogens is 1. The van der Waals surface area contributed by atoms with Crippen LogP contribution in [0.4, 0.5) is 0 Å². The van der Waals surface area contributed by atoms with Gasteiger partial charge in [-0.05, 0) is 42.9 Å². The molecule has 0 bridgehead atoms. The molecule has 0 saturated heterocycles. The Morgan fingerprint density at radius 3 is 2.77 bits per heavy atom. The first kappa shape index (κ1) is 19.6. The zero-order valence-electron chi connectivity index (χ0n) is 14.4. The Bertz CT molecular complexity index is 924. The molecule has 140 valence electrons. The van der Waals surface area contributed by atoms with E-state index in [1.165, 1.54) is 0 Å². The van der Waals surface area contributed by atoms with Crippen molar-refractivity contribution in [2.45, 2.75) is 30.0 Å². The number of aromatic amines is 1. The summed E-state index contributed by atoms with van der Waals surface area (Å²) in [5.74, 6) is 1.57.